The number of hydrogen-bond donors (Lipinski definition) is 0. The van der Waals surface area contributed by atoms with E-state index in [4.69, 9.17) is 4.74 Å². The zero-order valence-electron chi connectivity index (χ0n) is 11.2. The van der Waals surface area contributed by atoms with E-state index in [-0.39, 0.29) is 18.6 Å². The normalized spacial score (nSPS) is 12.3. The lowest BCUT2D eigenvalue weighted by Crippen LogP contribution is -2.42. The van der Waals surface area contributed by atoms with Gasteiger partial charge in [-0.15, -0.1) is 0 Å². The Hall–Kier alpha value is -1.10. The maximum absolute atomic E-state index is 11.8. The van der Waals surface area contributed by atoms with Gasteiger partial charge in [0.15, 0.2) is 6.61 Å². The quantitative estimate of drug-likeness (QED) is 0.602. The van der Waals surface area contributed by atoms with Gasteiger partial charge in [0.25, 0.3) is 0 Å². The second-order valence-electron chi connectivity index (χ2n) is 3.56. The van der Waals surface area contributed by atoms with Crippen LogP contribution in [-0.2, 0) is 19.1 Å². The van der Waals surface area contributed by atoms with Crippen LogP contribution in [0.15, 0.2) is 0 Å². The van der Waals surface area contributed by atoms with Crippen LogP contribution < -0.4 is 0 Å². The molecule has 5 heteroatoms. The topological polar surface area (TPSA) is 55.8 Å². The molecule has 0 fully saturated rings. The number of nitrogens with zero attached hydrogens (tertiary/aromatic N) is 1. The molecule has 100 valence electrons. The molecule has 0 aromatic rings. The summed E-state index contributed by atoms with van der Waals surface area (Å²) < 4.78 is 9.63. The van der Waals surface area contributed by atoms with Crippen LogP contribution in [0, 0.1) is 0 Å². The predicted octanol–water partition coefficient (Wildman–Crippen LogP) is 1.21. The first-order chi connectivity index (χ1) is 8.10. The van der Waals surface area contributed by atoms with Crippen LogP contribution in [0.4, 0.5) is 0 Å². The van der Waals surface area contributed by atoms with Crippen LogP contribution in [0.1, 0.15) is 34.1 Å². The standard InChI is InChI=1S/C12H23NO4/c1-5-10(13(6-2)7-3)12(15)17-9-11(14)16-8-4/h10H,5-9H2,1-4H3. The fourth-order valence-electron chi connectivity index (χ4n) is 1.67. The Morgan fingerprint density at radius 2 is 1.65 bits per heavy atom. The number of ether oxygens (including phenoxy) is 2. The van der Waals surface area contributed by atoms with Gasteiger partial charge in [-0.05, 0) is 26.4 Å². The summed E-state index contributed by atoms with van der Waals surface area (Å²) in [7, 11) is 0. The van der Waals surface area contributed by atoms with Crippen LogP contribution in [0.25, 0.3) is 0 Å². The Morgan fingerprint density at radius 1 is 1.06 bits per heavy atom. The lowest BCUT2D eigenvalue weighted by Gasteiger charge is -2.26. The molecule has 5 nitrogen and oxygen atoms in total. The largest absolute Gasteiger partial charge is 0.463 e. The highest BCUT2D eigenvalue weighted by atomic mass is 16.6. The maximum atomic E-state index is 11.8. The van der Waals surface area contributed by atoms with Crippen LogP contribution in [0.5, 0.6) is 0 Å². The smallest absolute Gasteiger partial charge is 0.344 e. The minimum Gasteiger partial charge on any atom is -0.463 e. The molecule has 0 spiro atoms. The number of carbonyl (C=O) groups is 2. The Balaban J connectivity index is 4.21. The van der Waals surface area contributed by atoms with Crippen molar-refractivity contribution in [1.29, 1.82) is 0 Å². The summed E-state index contributed by atoms with van der Waals surface area (Å²) in [6.45, 7) is 9.18. The molecule has 0 saturated heterocycles. The number of esters is 2. The van der Waals surface area contributed by atoms with Crippen molar-refractivity contribution in [1.82, 2.24) is 4.90 Å². The summed E-state index contributed by atoms with van der Waals surface area (Å²) in [5, 5.41) is 0. The van der Waals surface area contributed by atoms with E-state index in [0.29, 0.717) is 13.0 Å². The van der Waals surface area contributed by atoms with Gasteiger partial charge < -0.3 is 9.47 Å². The van der Waals surface area contributed by atoms with E-state index in [1.807, 2.05) is 25.7 Å². The molecule has 0 bridgehead atoms. The van der Waals surface area contributed by atoms with Crippen molar-refractivity contribution in [3.63, 3.8) is 0 Å². The molecule has 0 saturated carbocycles. The fraction of sp³-hybridized carbons (Fsp3) is 0.833. The molecule has 1 atom stereocenters. The number of hydrogen-bond acceptors (Lipinski definition) is 5. The van der Waals surface area contributed by atoms with E-state index < -0.39 is 5.97 Å². The van der Waals surface area contributed by atoms with Crippen molar-refractivity contribution >= 4 is 11.9 Å². The molecule has 17 heavy (non-hydrogen) atoms. The summed E-state index contributed by atoms with van der Waals surface area (Å²) in [6, 6.07) is -0.278. The second-order valence-corrected chi connectivity index (χ2v) is 3.56. The molecule has 1 unspecified atom stereocenters. The van der Waals surface area contributed by atoms with Crippen molar-refractivity contribution < 1.29 is 19.1 Å². The molecule has 0 N–H and O–H groups in total. The lowest BCUT2D eigenvalue weighted by atomic mass is 10.2. The van der Waals surface area contributed by atoms with Gasteiger partial charge >= 0.3 is 11.9 Å². The molecule has 0 heterocycles. The second kappa shape index (κ2) is 8.98. The number of rotatable bonds is 8. The van der Waals surface area contributed by atoms with Crippen molar-refractivity contribution in [2.24, 2.45) is 0 Å². The molecule has 0 amide bonds. The van der Waals surface area contributed by atoms with E-state index in [1.54, 1.807) is 6.92 Å². The third-order valence-electron chi connectivity index (χ3n) is 2.55. The molecule has 0 radical (unpaired) electrons. The number of likely N-dealkylation sites (N-methyl/N-ethyl adjacent to an activating group) is 1. The monoisotopic (exact) mass is 245 g/mol. The fourth-order valence-corrected chi connectivity index (χ4v) is 1.67. The Kier molecular flexibility index (Phi) is 8.40. The molecule has 0 aliphatic rings. The maximum Gasteiger partial charge on any atom is 0.344 e. The molecular formula is C12H23NO4. The van der Waals surface area contributed by atoms with Gasteiger partial charge in [0.05, 0.1) is 6.61 Å². The van der Waals surface area contributed by atoms with Gasteiger partial charge in [-0.2, -0.15) is 0 Å². The molecule has 0 aromatic heterocycles. The summed E-state index contributed by atoms with van der Waals surface area (Å²) in [5.74, 6) is -0.862. The molecule has 0 aliphatic heterocycles. The Bertz CT molecular complexity index is 239. The summed E-state index contributed by atoms with van der Waals surface area (Å²) in [6.07, 6.45) is 0.670. The zero-order valence-corrected chi connectivity index (χ0v) is 11.2. The molecule has 0 aromatic carbocycles. The van der Waals surface area contributed by atoms with Crippen molar-refractivity contribution in [2.75, 3.05) is 26.3 Å². The van der Waals surface area contributed by atoms with E-state index in [2.05, 4.69) is 4.74 Å². The van der Waals surface area contributed by atoms with Crippen molar-refractivity contribution in [3.8, 4) is 0 Å². The SMILES string of the molecule is CCOC(=O)COC(=O)C(CC)N(CC)CC. The summed E-state index contributed by atoms with van der Waals surface area (Å²) in [5.41, 5.74) is 0. The van der Waals surface area contributed by atoms with Gasteiger partial charge in [0.2, 0.25) is 0 Å². The Morgan fingerprint density at radius 3 is 2.06 bits per heavy atom. The highest BCUT2D eigenvalue weighted by Gasteiger charge is 2.24. The first kappa shape index (κ1) is 15.9. The Labute approximate surface area is 103 Å². The first-order valence-corrected chi connectivity index (χ1v) is 6.16. The van der Waals surface area contributed by atoms with E-state index in [1.165, 1.54) is 0 Å². The minimum atomic E-state index is -0.504. The minimum absolute atomic E-state index is 0.278. The average Bonchev–Trinajstić information content (AvgIpc) is 2.33. The van der Waals surface area contributed by atoms with Crippen LogP contribution >= 0.6 is 0 Å². The zero-order chi connectivity index (χ0) is 13.3. The third-order valence-corrected chi connectivity index (χ3v) is 2.55. The predicted molar refractivity (Wildman–Crippen MR) is 64.6 cm³/mol. The van der Waals surface area contributed by atoms with Gasteiger partial charge in [-0.25, -0.2) is 4.79 Å². The molecule has 0 aliphatic carbocycles. The van der Waals surface area contributed by atoms with Crippen LogP contribution in [0.2, 0.25) is 0 Å². The van der Waals surface area contributed by atoms with Gasteiger partial charge in [0.1, 0.15) is 6.04 Å². The average molecular weight is 245 g/mol. The van der Waals surface area contributed by atoms with Crippen molar-refractivity contribution in [2.45, 2.75) is 40.2 Å². The van der Waals surface area contributed by atoms with Crippen molar-refractivity contribution in [3.05, 3.63) is 0 Å². The van der Waals surface area contributed by atoms with Gasteiger partial charge in [0, 0.05) is 0 Å². The lowest BCUT2D eigenvalue weighted by molar-refractivity contribution is -0.161. The van der Waals surface area contributed by atoms with E-state index in [9.17, 15) is 9.59 Å². The summed E-state index contributed by atoms with van der Waals surface area (Å²) in [4.78, 5) is 24.8. The van der Waals surface area contributed by atoms with Gasteiger partial charge in [-0.1, -0.05) is 20.8 Å². The highest BCUT2D eigenvalue weighted by Crippen LogP contribution is 2.06. The first-order valence-electron chi connectivity index (χ1n) is 6.16. The van der Waals surface area contributed by atoms with E-state index in [0.717, 1.165) is 13.1 Å². The number of carbonyl (C=O) groups excluding carboxylic acids is 2. The van der Waals surface area contributed by atoms with Gasteiger partial charge in [-0.3, -0.25) is 9.69 Å². The van der Waals surface area contributed by atoms with Crippen LogP contribution in [-0.4, -0.2) is 49.2 Å². The molecule has 0 rings (SSSR count). The van der Waals surface area contributed by atoms with Crippen LogP contribution in [0.3, 0.4) is 0 Å². The third kappa shape index (κ3) is 5.68. The molecular weight excluding hydrogens is 222 g/mol. The van der Waals surface area contributed by atoms with E-state index >= 15 is 0 Å². The highest BCUT2D eigenvalue weighted by molar-refractivity contribution is 5.79. The summed E-state index contributed by atoms with van der Waals surface area (Å²) >= 11 is 0.